The highest BCUT2D eigenvalue weighted by Gasteiger charge is 2.24. The molecule has 9 heteroatoms. The second-order valence-electron chi connectivity index (χ2n) is 7.41. The number of hydrogen-bond donors (Lipinski definition) is 2. The van der Waals surface area contributed by atoms with Crippen molar-refractivity contribution in [2.45, 2.75) is 18.9 Å². The second-order valence-corrected chi connectivity index (χ2v) is 7.41. The lowest BCUT2D eigenvalue weighted by molar-refractivity contribution is -0.0447. The van der Waals surface area contributed by atoms with E-state index >= 15 is 0 Å². The van der Waals surface area contributed by atoms with Crippen molar-refractivity contribution in [3.8, 4) is 17.1 Å². The second kappa shape index (κ2) is 7.85. The van der Waals surface area contributed by atoms with Gasteiger partial charge in [0, 0.05) is 23.9 Å². The Balaban J connectivity index is 1.35. The zero-order valence-electron chi connectivity index (χ0n) is 16.4. The van der Waals surface area contributed by atoms with E-state index in [4.69, 9.17) is 4.74 Å². The molecule has 1 aliphatic heterocycles. The maximum absolute atomic E-state index is 12.7. The molecule has 1 unspecified atom stereocenters. The smallest absolute Gasteiger partial charge is 0.254 e. The highest BCUT2D eigenvalue weighted by Crippen LogP contribution is 2.16. The minimum absolute atomic E-state index is 0.0717. The lowest BCUT2D eigenvalue weighted by Crippen LogP contribution is -2.46. The van der Waals surface area contributed by atoms with Gasteiger partial charge in [0.25, 0.3) is 5.91 Å². The van der Waals surface area contributed by atoms with E-state index in [2.05, 4.69) is 32.7 Å². The Morgan fingerprint density at radius 3 is 2.90 bits per heavy atom. The molecule has 1 atom stereocenters. The third-order valence-electron chi connectivity index (χ3n) is 5.44. The van der Waals surface area contributed by atoms with Crippen LogP contribution in [0, 0.1) is 0 Å². The average Bonchev–Trinajstić information content (AvgIpc) is 3.46. The number of carbonyl (C=O) groups is 1. The molecular weight excluding hydrogens is 384 g/mol. The number of aliphatic hydroxyl groups excluding tert-OH is 1. The number of H-pyrrole nitrogens is 1. The number of benzene rings is 1. The Hall–Kier alpha value is -3.30. The van der Waals surface area contributed by atoms with E-state index < -0.39 is 0 Å². The van der Waals surface area contributed by atoms with Gasteiger partial charge in [-0.05, 0) is 37.1 Å². The molecule has 0 spiro atoms. The Labute approximate surface area is 172 Å². The van der Waals surface area contributed by atoms with Crippen LogP contribution >= 0.6 is 0 Å². The molecule has 30 heavy (non-hydrogen) atoms. The van der Waals surface area contributed by atoms with Gasteiger partial charge in [0.1, 0.15) is 11.4 Å². The summed E-state index contributed by atoms with van der Waals surface area (Å²) < 4.78 is 7.09. The number of rotatable bonds is 4. The number of nitrogens with one attached hydrogen (secondary N) is 1. The number of carbonyl (C=O) groups excluding carboxylic acids is 1. The van der Waals surface area contributed by atoms with Gasteiger partial charge in [-0.3, -0.25) is 9.89 Å². The van der Waals surface area contributed by atoms with Gasteiger partial charge in [-0.25, -0.2) is 4.68 Å². The molecule has 1 aliphatic carbocycles. The number of morpholine rings is 1. The van der Waals surface area contributed by atoms with E-state index in [1.165, 1.54) is 0 Å². The molecule has 2 aliphatic rings. The molecule has 1 fully saturated rings. The minimum atomic E-state index is -0.321. The number of nitrogens with zero attached hydrogens (tertiary/aromatic N) is 5. The number of aromatic nitrogens is 5. The van der Waals surface area contributed by atoms with Crippen LogP contribution < -0.4 is 10.6 Å². The summed E-state index contributed by atoms with van der Waals surface area (Å²) in [6.45, 7) is 1.26. The minimum Gasteiger partial charge on any atom is -0.394 e. The van der Waals surface area contributed by atoms with Crippen molar-refractivity contribution in [2.24, 2.45) is 0 Å². The van der Waals surface area contributed by atoms with Gasteiger partial charge in [-0.1, -0.05) is 17.4 Å². The highest BCUT2D eigenvalue weighted by atomic mass is 16.5. The molecule has 2 N–H and O–H groups in total. The maximum Gasteiger partial charge on any atom is 0.254 e. The van der Waals surface area contributed by atoms with Crippen molar-refractivity contribution in [2.75, 3.05) is 26.3 Å². The molecule has 154 valence electrons. The largest absolute Gasteiger partial charge is 0.394 e. The summed E-state index contributed by atoms with van der Waals surface area (Å²) in [6, 6.07) is 7.24. The first-order valence-electron chi connectivity index (χ1n) is 10.0. The van der Waals surface area contributed by atoms with Gasteiger partial charge in [0.05, 0.1) is 36.6 Å². The summed E-state index contributed by atoms with van der Waals surface area (Å²) in [7, 11) is 0. The van der Waals surface area contributed by atoms with Crippen LogP contribution in [0.4, 0.5) is 0 Å². The van der Waals surface area contributed by atoms with E-state index in [1.54, 1.807) is 21.7 Å². The standard InChI is InChI=1S/C21H22N6O3/c28-13-16-11-26(9-10-30-16)21(29)14-5-7-15(8-6-14)27-12-19(23-25-27)20-17-3-1-2-4-18(17)22-24-20/h3-8,12,16,22,28H,1-2,9-11,13H2. The van der Waals surface area contributed by atoms with E-state index in [0.717, 1.165) is 34.8 Å². The number of ether oxygens (including phenoxy) is 1. The van der Waals surface area contributed by atoms with E-state index in [-0.39, 0.29) is 18.6 Å². The van der Waals surface area contributed by atoms with Gasteiger partial charge < -0.3 is 14.7 Å². The van der Waals surface area contributed by atoms with Crippen molar-refractivity contribution in [1.29, 1.82) is 0 Å². The zero-order valence-corrected chi connectivity index (χ0v) is 16.4. The Bertz CT molecular complexity index is 1180. The van der Waals surface area contributed by atoms with Gasteiger partial charge in [-0.15, -0.1) is 5.10 Å². The fraction of sp³-hybridized carbons (Fsp3) is 0.333. The molecule has 3 aromatic rings. The average molecular weight is 406 g/mol. The summed E-state index contributed by atoms with van der Waals surface area (Å²) in [4.78, 5) is 14.5. The fourth-order valence-corrected chi connectivity index (χ4v) is 3.83. The summed E-state index contributed by atoms with van der Waals surface area (Å²) in [5, 5.41) is 27.3. The molecule has 1 aromatic carbocycles. The number of aliphatic hydroxyl groups is 1. The third-order valence-corrected chi connectivity index (χ3v) is 5.44. The Morgan fingerprint density at radius 2 is 2.07 bits per heavy atom. The van der Waals surface area contributed by atoms with Crippen LogP contribution in [-0.4, -0.2) is 73.5 Å². The van der Waals surface area contributed by atoms with Crippen LogP contribution in [0.2, 0.25) is 0 Å². The van der Waals surface area contributed by atoms with E-state index in [1.807, 2.05) is 18.3 Å². The normalized spacial score (nSPS) is 18.4. The van der Waals surface area contributed by atoms with Crippen LogP contribution in [0.25, 0.3) is 29.2 Å². The van der Waals surface area contributed by atoms with Crippen molar-refractivity contribution >= 4 is 18.1 Å². The Kier molecular flexibility index (Phi) is 4.89. The molecule has 5 rings (SSSR count). The summed E-state index contributed by atoms with van der Waals surface area (Å²) in [6.07, 6.45) is 7.83. The van der Waals surface area contributed by atoms with Crippen LogP contribution in [0.5, 0.6) is 0 Å². The van der Waals surface area contributed by atoms with Crippen LogP contribution in [0.1, 0.15) is 23.2 Å². The lowest BCUT2D eigenvalue weighted by Gasteiger charge is -2.32. The molecule has 0 saturated carbocycles. The molecule has 0 bridgehead atoms. The van der Waals surface area contributed by atoms with Crippen molar-refractivity contribution in [3.63, 3.8) is 0 Å². The zero-order chi connectivity index (χ0) is 20.5. The monoisotopic (exact) mass is 406 g/mol. The number of aromatic amines is 1. The van der Waals surface area contributed by atoms with Crippen molar-refractivity contribution in [1.82, 2.24) is 30.1 Å². The molecule has 0 radical (unpaired) electrons. The number of fused-ring (bicyclic) bond motifs is 1. The van der Waals surface area contributed by atoms with E-state index in [0.29, 0.717) is 31.0 Å². The molecule has 2 aromatic heterocycles. The van der Waals surface area contributed by atoms with Gasteiger partial charge >= 0.3 is 0 Å². The number of hydrogen-bond acceptors (Lipinski definition) is 6. The molecule has 3 heterocycles. The van der Waals surface area contributed by atoms with Gasteiger partial charge in [0.15, 0.2) is 0 Å². The Morgan fingerprint density at radius 1 is 1.23 bits per heavy atom. The first-order valence-corrected chi connectivity index (χ1v) is 10.0. The van der Waals surface area contributed by atoms with E-state index in [9.17, 15) is 9.90 Å². The topological polar surface area (TPSA) is 109 Å². The summed E-state index contributed by atoms with van der Waals surface area (Å²) in [5.41, 5.74) is 2.89. The van der Waals surface area contributed by atoms with Crippen molar-refractivity contribution in [3.05, 3.63) is 46.6 Å². The van der Waals surface area contributed by atoms with Gasteiger partial charge in [-0.2, -0.15) is 5.10 Å². The fourth-order valence-electron chi connectivity index (χ4n) is 3.83. The van der Waals surface area contributed by atoms with Gasteiger partial charge in [0.2, 0.25) is 0 Å². The molecule has 1 saturated heterocycles. The first kappa shape index (κ1) is 18.7. The van der Waals surface area contributed by atoms with Crippen LogP contribution in [0.15, 0.2) is 30.5 Å². The molecule has 9 nitrogen and oxygen atoms in total. The third kappa shape index (κ3) is 3.42. The SMILES string of the molecule is O=C(c1ccc(-n2cc(-c3n[nH]c4c3=CCCC=4)nn2)cc1)N1CCOC(CO)C1. The maximum atomic E-state index is 12.7. The van der Waals surface area contributed by atoms with Crippen molar-refractivity contribution < 1.29 is 14.6 Å². The first-order chi connectivity index (χ1) is 14.7. The molecule has 1 amide bonds. The predicted molar refractivity (Wildman–Crippen MR) is 109 cm³/mol. The number of amides is 1. The predicted octanol–water partition coefficient (Wildman–Crippen LogP) is -0.154. The molecular formula is C21H22N6O3. The van der Waals surface area contributed by atoms with Crippen LogP contribution in [-0.2, 0) is 4.74 Å². The van der Waals surface area contributed by atoms with Crippen LogP contribution in [0.3, 0.4) is 0 Å². The quantitative estimate of drug-likeness (QED) is 0.624. The summed E-state index contributed by atoms with van der Waals surface area (Å²) in [5.74, 6) is -0.0717. The summed E-state index contributed by atoms with van der Waals surface area (Å²) >= 11 is 0. The highest BCUT2D eigenvalue weighted by molar-refractivity contribution is 5.94. The lowest BCUT2D eigenvalue weighted by atomic mass is 10.1.